The number of hydrogen-bond acceptors (Lipinski definition) is 5. The van der Waals surface area contributed by atoms with E-state index in [1.807, 2.05) is 0 Å². The molecule has 1 amide bonds. The fraction of sp³-hybridized carbons (Fsp3) is 0.375. The quantitative estimate of drug-likeness (QED) is 0.856. The molecule has 0 aliphatic carbocycles. The third-order valence-electron chi connectivity index (χ3n) is 3.08. The molecule has 1 aromatic carbocycles. The second kappa shape index (κ2) is 6.23. The van der Waals surface area contributed by atoms with Gasteiger partial charge in [-0.15, -0.1) is 0 Å². The van der Waals surface area contributed by atoms with Crippen LogP contribution in [0.25, 0.3) is 0 Å². The Kier molecular flexibility index (Phi) is 4.70. The largest absolute Gasteiger partial charge is 0.444 e. The normalized spacial score (nSPS) is 20.8. The van der Waals surface area contributed by atoms with Crippen LogP contribution < -0.4 is 11.1 Å². The number of ether oxygens (including phenoxy) is 1. The van der Waals surface area contributed by atoms with Crippen molar-refractivity contribution in [1.29, 1.82) is 0 Å². The Balaban J connectivity index is 2.28. The molecular weight excluding hydrogens is 317 g/mol. The zero-order valence-corrected chi connectivity index (χ0v) is 14.3. The van der Waals surface area contributed by atoms with Gasteiger partial charge in [-0.3, -0.25) is 5.32 Å². The van der Waals surface area contributed by atoms with Gasteiger partial charge >= 0.3 is 6.09 Å². The lowest BCUT2D eigenvalue weighted by Gasteiger charge is -2.26. The molecule has 23 heavy (non-hydrogen) atoms. The molecule has 0 fully saturated rings. The average Bonchev–Trinajstić information content (AvgIpc) is 2.38. The lowest BCUT2D eigenvalue weighted by atomic mass is 9.92. The molecule has 0 saturated carbocycles. The van der Waals surface area contributed by atoms with E-state index in [1.165, 1.54) is 30.0 Å². The minimum absolute atomic E-state index is 0.325. The number of carbonyl (C=O) groups excluding carboxylic acids is 1. The predicted molar refractivity (Wildman–Crippen MR) is 92.0 cm³/mol. The van der Waals surface area contributed by atoms with E-state index in [0.29, 0.717) is 16.4 Å². The molecule has 0 saturated heterocycles. The number of nitrogens with one attached hydrogen (secondary N) is 1. The summed E-state index contributed by atoms with van der Waals surface area (Å²) in [6.07, 6.45) is 1.17. The summed E-state index contributed by atoms with van der Waals surface area (Å²) in [4.78, 5) is 16.2. The summed E-state index contributed by atoms with van der Waals surface area (Å²) in [5, 5.41) is 4.73. The molecule has 5 nitrogen and oxygen atoms in total. The van der Waals surface area contributed by atoms with Crippen LogP contribution in [0.2, 0.25) is 0 Å². The summed E-state index contributed by atoms with van der Waals surface area (Å²) in [5.74, 6) is -0.421. The van der Waals surface area contributed by atoms with Crippen LogP contribution in [0.1, 0.15) is 33.3 Å². The van der Waals surface area contributed by atoms with Crippen molar-refractivity contribution in [2.75, 3.05) is 5.32 Å². The van der Waals surface area contributed by atoms with E-state index >= 15 is 0 Å². The van der Waals surface area contributed by atoms with Gasteiger partial charge in [0.05, 0.1) is 0 Å². The lowest BCUT2D eigenvalue weighted by Crippen LogP contribution is -2.28. The Morgan fingerprint density at radius 1 is 1.43 bits per heavy atom. The van der Waals surface area contributed by atoms with Gasteiger partial charge in [0.25, 0.3) is 0 Å². The van der Waals surface area contributed by atoms with Gasteiger partial charge in [-0.2, -0.15) is 0 Å². The van der Waals surface area contributed by atoms with Gasteiger partial charge in [-0.25, -0.2) is 14.2 Å². The van der Waals surface area contributed by atoms with Crippen molar-refractivity contribution >= 4 is 28.7 Å². The molecule has 0 aromatic heterocycles. The fourth-order valence-electron chi connectivity index (χ4n) is 2.09. The zero-order valence-electron chi connectivity index (χ0n) is 13.5. The van der Waals surface area contributed by atoms with Crippen LogP contribution in [0.4, 0.5) is 14.9 Å². The molecule has 1 heterocycles. The van der Waals surface area contributed by atoms with Crippen LogP contribution in [0.5, 0.6) is 0 Å². The Labute approximate surface area is 139 Å². The number of hydrogen-bond donors (Lipinski definition) is 2. The third kappa shape index (κ3) is 4.48. The molecule has 1 aromatic rings. The number of carbonyl (C=O) groups is 1. The molecule has 124 valence electrons. The van der Waals surface area contributed by atoms with E-state index in [0.717, 1.165) is 0 Å². The standard InChI is InChI=1S/C16H20FN3O2S/c1-15(2,3)22-14(21)19-10-5-6-12(17)11(9-10)16(4)7-8-23-13(18)20-16/h5-9H,1-4H3,(H2,18,20)(H,19,21)/t16-/m0/s1. The maximum Gasteiger partial charge on any atom is 0.412 e. The highest BCUT2D eigenvalue weighted by Crippen LogP contribution is 2.35. The van der Waals surface area contributed by atoms with Gasteiger partial charge in [0.15, 0.2) is 5.17 Å². The Bertz CT molecular complexity index is 682. The number of aliphatic imine (C=N–C) groups is 1. The topological polar surface area (TPSA) is 76.7 Å². The van der Waals surface area contributed by atoms with Crippen LogP contribution in [-0.2, 0) is 10.3 Å². The van der Waals surface area contributed by atoms with E-state index in [1.54, 1.807) is 39.2 Å². The van der Waals surface area contributed by atoms with E-state index in [2.05, 4.69) is 10.3 Å². The first-order valence-electron chi connectivity index (χ1n) is 7.09. The number of amides is 1. The highest BCUT2D eigenvalue weighted by molar-refractivity contribution is 8.16. The van der Waals surface area contributed by atoms with E-state index < -0.39 is 23.1 Å². The van der Waals surface area contributed by atoms with Crippen molar-refractivity contribution in [3.8, 4) is 0 Å². The molecule has 0 spiro atoms. The van der Waals surface area contributed by atoms with Gasteiger partial charge in [-0.05, 0) is 57.4 Å². The lowest BCUT2D eigenvalue weighted by molar-refractivity contribution is 0.0636. The summed E-state index contributed by atoms with van der Waals surface area (Å²) in [7, 11) is 0. The van der Waals surface area contributed by atoms with Gasteiger partial charge in [0, 0.05) is 11.3 Å². The number of halogens is 1. The first kappa shape index (κ1) is 17.3. The third-order valence-corrected chi connectivity index (χ3v) is 3.69. The number of benzene rings is 1. The summed E-state index contributed by atoms with van der Waals surface area (Å²) < 4.78 is 19.4. The Morgan fingerprint density at radius 3 is 2.74 bits per heavy atom. The fourth-order valence-corrected chi connectivity index (χ4v) is 2.81. The smallest absolute Gasteiger partial charge is 0.412 e. The number of nitrogens with two attached hydrogens (primary N) is 1. The number of nitrogens with zero attached hydrogens (tertiary/aromatic N) is 1. The number of thioether (sulfide) groups is 1. The van der Waals surface area contributed by atoms with E-state index in [9.17, 15) is 9.18 Å². The molecule has 1 aliphatic heterocycles. The second-order valence-corrected chi connectivity index (χ2v) is 7.27. The Morgan fingerprint density at radius 2 is 2.13 bits per heavy atom. The number of rotatable bonds is 2. The molecule has 0 unspecified atom stereocenters. The first-order chi connectivity index (χ1) is 10.6. The summed E-state index contributed by atoms with van der Waals surface area (Å²) in [6.45, 7) is 7.06. The molecule has 0 bridgehead atoms. The molecule has 1 atom stereocenters. The summed E-state index contributed by atoms with van der Waals surface area (Å²) in [5.41, 5.74) is 4.97. The van der Waals surface area contributed by atoms with Crippen LogP contribution in [0, 0.1) is 5.82 Å². The van der Waals surface area contributed by atoms with Crippen molar-refractivity contribution in [2.45, 2.75) is 38.8 Å². The zero-order chi connectivity index (χ0) is 17.3. The second-order valence-electron chi connectivity index (χ2n) is 6.34. The molecule has 3 N–H and O–H groups in total. The van der Waals surface area contributed by atoms with Crippen molar-refractivity contribution in [1.82, 2.24) is 0 Å². The van der Waals surface area contributed by atoms with Gasteiger partial charge < -0.3 is 10.5 Å². The van der Waals surface area contributed by atoms with Crippen molar-refractivity contribution < 1.29 is 13.9 Å². The molecular formula is C16H20FN3O2S. The minimum Gasteiger partial charge on any atom is -0.444 e. The molecule has 2 rings (SSSR count). The van der Waals surface area contributed by atoms with Gasteiger partial charge in [-0.1, -0.05) is 11.8 Å². The first-order valence-corrected chi connectivity index (χ1v) is 7.97. The average molecular weight is 337 g/mol. The van der Waals surface area contributed by atoms with E-state index in [-0.39, 0.29) is 0 Å². The SMILES string of the molecule is CC(C)(C)OC(=O)Nc1ccc(F)c([C@]2(C)C=CSC(N)=N2)c1. The number of amidine groups is 1. The highest BCUT2D eigenvalue weighted by atomic mass is 32.2. The predicted octanol–water partition coefficient (Wildman–Crippen LogP) is 3.96. The molecule has 1 aliphatic rings. The highest BCUT2D eigenvalue weighted by Gasteiger charge is 2.29. The van der Waals surface area contributed by atoms with Crippen LogP contribution in [0.15, 0.2) is 34.7 Å². The van der Waals surface area contributed by atoms with Crippen LogP contribution in [-0.4, -0.2) is 16.9 Å². The van der Waals surface area contributed by atoms with Crippen molar-refractivity contribution in [3.63, 3.8) is 0 Å². The van der Waals surface area contributed by atoms with Crippen LogP contribution in [0.3, 0.4) is 0 Å². The molecule has 7 heteroatoms. The monoisotopic (exact) mass is 337 g/mol. The van der Waals surface area contributed by atoms with Gasteiger partial charge in [0.1, 0.15) is 17.0 Å². The number of anilines is 1. The Hall–Kier alpha value is -2.02. The van der Waals surface area contributed by atoms with Crippen molar-refractivity contribution in [3.05, 3.63) is 41.1 Å². The maximum absolute atomic E-state index is 14.2. The van der Waals surface area contributed by atoms with Gasteiger partial charge in [0.2, 0.25) is 0 Å². The maximum atomic E-state index is 14.2. The molecule has 0 radical (unpaired) electrons. The summed E-state index contributed by atoms with van der Waals surface area (Å²) >= 11 is 1.28. The van der Waals surface area contributed by atoms with E-state index in [4.69, 9.17) is 10.5 Å². The van der Waals surface area contributed by atoms with Crippen molar-refractivity contribution in [2.24, 2.45) is 10.7 Å². The minimum atomic E-state index is -0.912. The summed E-state index contributed by atoms with van der Waals surface area (Å²) in [6, 6.07) is 4.30. The van der Waals surface area contributed by atoms with Crippen LogP contribution >= 0.6 is 11.8 Å².